The molecule has 93 valence electrons. The molecule has 3 heteroatoms. The van der Waals surface area contributed by atoms with Crippen LogP contribution in [0.5, 0.6) is 11.5 Å². The number of aryl methyl sites for hydroxylation is 1. The fraction of sp³-hybridized carbons (Fsp3) is 0.571. The van der Waals surface area contributed by atoms with E-state index < -0.39 is 0 Å². The van der Waals surface area contributed by atoms with Crippen LogP contribution in [0.15, 0.2) is 6.07 Å². The fourth-order valence-corrected chi connectivity index (χ4v) is 2.24. The summed E-state index contributed by atoms with van der Waals surface area (Å²) >= 11 is 0. The highest BCUT2D eigenvalue weighted by Crippen LogP contribution is 2.29. The van der Waals surface area contributed by atoms with Gasteiger partial charge in [-0.05, 0) is 37.4 Å². The second kappa shape index (κ2) is 6.69. The highest BCUT2D eigenvalue weighted by atomic mass is 28.1. The van der Waals surface area contributed by atoms with E-state index in [1.54, 1.807) is 0 Å². The molecule has 1 rings (SSSR count). The Morgan fingerprint density at radius 1 is 1.00 bits per heavy atom. The average molecular weight is 249 g/mol. The molecule has 0 unspecified atom stereocenters. The topological polar surface area (TPSA) is 18.5 Å². The van der Waals surface area contributed by atoms with Crippen molar-refractivity contribution < 1.29 is 9.47 Å². The van der Waals surface area contributed by atoms with E-state index in [0.29, 0.717) is 0 Å². The van der Waals surface area contributed by atoms with Crippen LogP contribution in [0.1, 0.15) is 37.8 Å². The first-order valence-corrected chi connectivity index (χ1v) is 6.73. The van der Waals surface area contributed by atoms with Gasteiger partial charge in [0.25, 0.3) is 0 Å². The van der Waals surface area contributed by atoms with E-state index in [1.807, 2.05) is 6.92 Å². The minimum atomic E-state index is 0.731. The molecule has 0 fully saturated rings. The molecule has 1 aromatic carbocycles. The zero-order valence-electron chi connectivity index (χ0n) is 11.2. The Kier molecular flexibility index (Phi) is 5.55. The maximum absolute atomic E-state index is 5.79. The zero-order valence-corrected chi connectivity index (χ0v) is 12.2. The minimum absolute atomic E-state index is 0.731. The SMILES string of the molecule is CCCOc1c(C)cc([Si])c(OCCC)c1C. The fourth-order valence-electron chi connectivity index (χ4n) is 1.76. The van der Waals surface area contributed by atoms with Gasteiger partial charge in [-0.25, -0.2) is 0 Å². The molecule has 0 saturated carbocycles. The van der Waals surface area contributed by atoms with Crippen LogP contribution in [0.3, 0.4) is 0 Å². The lowest BCUT2D eigenvalue weighted by Crippen LogP contribution is -2.14. The molecule has 0 N–H and O–H groups in total. The molecule has 2 nitrogen and oxygen atoms in total. The van der Waals surface area contributed by atoms with E-state index in [1.165, 1.54) is 0 Å². The van der Waals surface area contributed by atoms with E-state index >= 15 is 0 Å². The van der Waals surface area contributed by atoms with Crippen LogP contribution in [0, 0.1) is 13.8 Å². The maximum Gasteiger partial charge on any atom is 0.128 e. The van der Waals surface area contributed by atoms with Crippen LogP contribution in [0.25, 0.3) is 0 Å². The normalized spacial score (nSPS) is 10.4. The van der Waals surface area contributed by atoms with E-state index in [2.05, 4.69) is 37.1 Å². The van der Waals surface area contributed by atoms with Crippen LogP contribution in [0.2, 0.25) is 0 Å². The molecule has 1 aromatic rings. The van der Waals surface area contributed by atoms with E-state index in [-0.39, 0.29) is 0 Å². The second-order valence-corrected chi connectivity index (χ2v) is 4.76. The van der Waals surface area contributed by atoms with Gasteiger partial charge in [-0.15, -0.1) is 0 Å². The Hall–Kier alpha value is -0.963. The van der Waals surface area contributed by atoms with Crippen molar-refractivity contribution in [3.8, 4) is 11.5 Å². The first-order valence-electron chi connectivity index (χ1n) is 6.23. The molecular weight excluding hydrogens is 228 g/mol. The Balaban J connectivity index is 3.04. The van der Waals surface area contributed by atoms with Gasteiger partial charge in [0.15, 0.2) is 0 Å². The summed E-state index contributed by atoms with van der Waals surface area (Å²) in [6, 6.07) is 2.06. The van der Waals surface area contributed by atoms with Gasteiger partial charge in [0, 0.05) is 5.56 Å². The van der Waals surface area contributed by atoms with Crippen molar-refractivity contribution in [1.82, 2.24) is 0 Å². The summed E-state index contributed by atoms with van der Waals surface area (Å²) in [6.45, 7) is 9.80. The number of hydrogen-bond donors (Lipinski definition) is 0. The number of ether oxygens (including phenoxy) is 2. The summed E-state index contributed by atoms with van der Waals surface area (Å²) in [7, 11) is 3.60. The van der Waals surface area contributed by atoms with E-state index in [0.717, 1.165) is 53.9 Å². The zero-order chi connectivity index (χ0) is 12.8. The molecule has 0 amide bonds. The molecule has 0 atom stereocenters. The van der Waals surface area contributed by atoms with Crippen molar-refractivity contribution in [3.05, 3.63) is 17.2 Å². The molecule has 0 aromatic heterocycles. The molecule has 0 saturated heterocycles. The van der Waals surface area contributed by atoms with Crippen LogP contribution >= 0.6 is 0 Å². The molecule has 0 aliphatic rings. The predicted octanol–water partition coefficient (Wildman–Crippen LogP) is 2.67. The molecule has 0 spiro atoms. The summed E-state index contributed by atoms with van der Waals surface area (Å²) in [5.41, 5.74) is 2.22. The monoisotopic (exact) mass is 249 g/mol. The van der Waals surface area contributed by atoms with Gasteiger partial charge < -0.3 is 9.47 Å². The summed E-state index contributed by atoms with van der Waals surface area (Å²) in [5.74, 6) is 1.86. The standard InChI is InChI=1S/C14H21O2Si/c1-5-7-15-13-10(3)9-12(17)14(11(13)4)16-8-6-2/h9H,5-8H2,1-4H3. The number of hydrogen-bond acceptors (Lipinski definition) is 2. The van der Waals surface area contributed by atoms with Crippen molar-refractivity contribution >= 4 is 15.4 Å². The third-order valence-electron chi connectivity index (χ3n) is 2.55. The number of benzene rings is 1. The highest BCUT2D eigenvalue weighted by molar-refractivity contribution is 6.34. The van der Waals surface area contributed by atoms with Gasteiger partial charge >= 0.3 is 0 Å². The van der Waals surface area contributed by atoms with E-state index in [4.69, 9.17) is 9.47 Å². The molecular formula is C14H21O2Si. The minimum Gasteiger partial charge on any atom is -0.493 e. The first kappa shape index (κ1) is 14.1. The maximum atomic E-state index is 5.79. The van der Waals surface area contributed by atoms with Gasteiger partial charge in [-0.1, -0.05) is 19.9 Å². The van der Waals surface area contributed by atoms with Crippen LogP contribution < -0.4 is 14.7 Å². The van der Waals surface area contributed by atoms with Crippen LogP contribution in [0.4, 0.5) is 0 Å². The predicted molar refractivity (Wildman–Crippen MR) is 72.9 cm³/mol. The van der Waals surface area contributed by atoms with Crippen molar-refractivity contribution in [2.24, 2.45) is 0 Å². The Morgan fingerprint density at radius 3 is 2.06 bits per heavy atom. The Morgan fingerprint density at radius 2 is 1.53 bits per heavy atom. The quantitative estimate of drug-likeness (QED) is 0.722. The molecule has 0 heterocycles. The van der Waals surface area contributed by atoms with Gasteiger partial charge in [0.2, 0.25) is 0 Å². The first-order chi connectivity index (χ1) is 8.11. The second-order valence-electron chi connectivity index (χ2n) is 4.22. The lowest BCUT2D eigenvalue weighted by molar-refractivity contribution is 0.298. The smallest absolute Gasteiger partial charge is 0.128 e. The molecule has 17 heavy (non-hydrogen) atoms. The van der Waals surface area contributed by atoms with Gasteiger partial charge in [-0.3, -0.25) is 0 Å². The van der Waals surface area contributed by atoms with Gasteiger partial charge in [-0.2, -0.15) is 0 Å². The average Bonchev–Trinajstić information content (AvgIpc) is 2.28. The molecule has 3 radical (unpaired) electrons. The largest absolute Gasteiger partial charge is 0.493 e. The Labute approximate surface area is 108 Å². The molecule has 0 aliphatic heterocycles. The van der Waals surface area contributed by atoms with Crippen molar-refractivity contribution in [3.63, 3.8) is 0 Å². The lowest BCUT2D eigenvalue weighted by Gasteiger charge is -2.18. The molecule has 0 bridgehead atoms. The van der Waals surface area contributed by atoms with Crippen molar-refractivity contribution in [2.75, 3.05) is 13.2 Å². The summed E-state index contributed by atoms with van der Waals surface area (Å²) in [6.07, 6.45) is 2.02. The third kappa shape index (κ3) is 3.50. The Bertz CT molecular complexity index is 343. The number of rotatable bonds is 6. The lowest BCUT2D eigenvalue weighted by atomic mass is 10.1. The van der Waals surface area contributed by atoms with Crippen LogP contribution in [-0.4, -0.2) is 23.5 Å². The third-order valence-corrected chi connectivity index (χ3v) is 2.92. The van der Waals surface area contributed by atoms with Gasteiger partial charge in [0.1, 0.15) is 11.5 Å². The van der Waals surface area contributed by atoms with Crippen molar-refractivity contribution in [2.45, 2.75) is 40.5 Å². The highest BCUT2D eigenvalue weighted by Gasteiger charge is 2.12. The van der Waals surface area contributed by atoms with Gasteiger partial charge in [0.05, 0.1) is 23.5 Å². The summed E-state index contributed by atoms with van der Waals surface area (Å²) < 4.78 is 11.6. The van der Waals surface area contributed by atoms with Crippen molar-refractivity contribution in [1.29, 1.82) is 0 Å². The van der Waals surface area contributed by atoms with E-state index in [9.17, 15) is 0 Å². The molecule has 0 aliphatic carbocycles. The summed E-state index contributed by atoms with van der Waals surface area (Å²) in [5, 5.41) is 0.997. The van der Waals surface area contributed by atoms with Crippen LogP contribution in [-0.2, 0) is 0 Å². The summed E-state index contributed by atoms with van der Waals surface area (Å²) in [4.78, 5) is 0.